The van der Waals surface area contributed by atoms with Crippen molar-refractivity contribution in [3.63, 3.8) is 0 Å². The van der Waals surface area contributed by atoms with Gasteiger partial charge in [0.2, 0.25) is 0 Å². The molecule has 118 valence electrons. The SMILES string of the molecule is CCOC(=O)c1ccc2cn(C3CCC(CO)CC3)nc2c1. The van der Waals surface area contributed by atoms with Crippen LogP contribution in [0.3, 0.4) is 0 Å². The Morgan fingerprint density at radius 1 is 1.36 bits per heavy atom. The number of hydrogen-bond donors (Lipinski definition) is 1. The molecule has 1 aromatic heterocycles. The molecule has 5 nitrogen and oxygen atoms in total. The molecule has 0 unspecified atom stereocenters. The lowest BCUT2D eigenvalue weighted by molar-refractivity contribution is 0.0526. The van der Waals surface area contributed by atoms with Gasteiger partial charge in [-0.2, -0.15) is 5.10 Å². The number of aromatic nitrogens is 2. The van der Waals surface area contributed by atoms with E-state index in [1.54, 1.807) is 19.1 Å². The van der Waals surface area contributed by atoms with E-state index in [0.29, 0.717) is 24.1 Å². The highest BCUT2D eigenvalue weighted by Gasteiger charge is 2.22. The highest BCUT2D eigenvalue weighted by atomic mass is 16.5. The van der Waals surface area contributed by atoms with Gasteiger partial charge in [0.15, 0.2) is 0 Å². The first-order chi connectivity index (χ1) is 10.7. The van der Waals surface area contributed by atoms with E-state index in [-0.39, 0.29) is 12.6 Å². The molecule has 0 aliphatic heterocycles. The predicted molar refractivity (Wildman–Crippen MR) is 83.8 cm³/mol. The summed E-state index contributed by atoms with van der Waals surface area (Å²) in [4.78, 5) is 11.8. The molecule has 1 saturated carbocycles. The van der Waals surface area contributed by atoms with E-state index in [0.717, 1.165) is 36.6 Å². The molecular weight excluding hydrogens is 280 g/mol. The van der Waals surface area contributed by atoms with Gasteiger partial charge in [0, 0.05) is 18.2 Å². The predicted octanol–water partition coefficient (Wildman–Crippen LogP) is 2.94. The van der Waals surface area contributed by atoms with Crippen molar-refractivity contribution in [2.75, 3.05) is 13.2 Å². The first kappa shape index (κ1) is 15.0. The lowest BCUT2D eigenvalue weighted by Gasteiger charge is -2.27. The second-order valence-corrected chi connectivity index (χ2v) is 5.96. The van der Waals surface area contributed by atoms with Gasteiger partial charge in [-0.15, -0.1) is 0 Å². The number of carbonyl (C=O) groups is 1. The molecule has 1 heterocycles. The lowest BCUT2D eigenvalue weighted by Crippen LogP contribution is -2.20. The Morgan fingerprint density at radius 2 is 2.14 bits per heavy atom. The van der Waals surface area contributed by atoms with Crippen LogP contribution in [0.5, 0.6) is 0 Å². The van der Waals surface area contributed by atoms with Gasteiger partial charge in [-0.05, 0) is 50.7 Å². The number of carbonyl (C=O) groups excluding carboxylic acids is 1. The van der Waals surface area contributed by atoms with E-state index in [1.165, 1.54) is 0 Å². The smallest absolute Gasteiger partial charge is 0.338 e. The Labute approximate surface area is 129 Å². The second-order valence-electron chi connectivity index (χ2n) is 5.96. The first-order valence-electron chi connectivity index (χ1n) is 7.98. The van der Waals surface area contributed by atoms with Crippen molar-refractivity contribution in [3.8, 4) is 0 Å². The molecule has 1 N–H and O–H groups in total. The van der Waals surface area contributed by atoms with Crippen LogP contribution < -0.4 is 0 Å². The molecule has 0 spiro atoms. The fourth-order valence-corrected chi connectivity index (χ4v) is 3.16. The molecule has 5 heteroatoms. The zero-order chi connectivity index (χ0) is 15.5. The Kier molecular flexibility index (Phi) is 4.43. The molecule has 0 amide bonds. The third kappa shape index (κ3) is 2.99. The molecule has 1 aliphatic rings. The van der Waals surface area contributed by atoms with E-state index in [2.05, 4.69) is 5.10 Å². The van der Waals surface area contributed by atoms with Crippen LogP contribution in [0.2, 0.25) is 0 Å². The summed E-state index contributed by atoms with van der Waals surface area (Å²) < 4.78 is 7.05. The van der Waals surface area contributed by atoms with Gasteiger partial charge >= 0.3 is 5.97 Å². The van der Waals surface area contributed by atoms with Gasteiger partial charge in [0.1, 0.15) is 0 Å². The number of esters is 1. The number of rotatable bonds is 4. The molecular formula is C17H22N2O3. The third-order valence-corrected chi connectivity index (χ3v) is 4.48. The monoisotopic (exact) mass is 302 g/mol. The molecule has 3 rings (SSSR count). The molecule has 0 bridgehead atoms. The largest absolute Gasteiger partial charge is 0.462 e. The van der Waals surface area contributed by atoms with Crippen molar-refractivity contribution in [2.24, 2.45) is 5.92 Å². The number of hydrogen-bond acceptors (Lipinski definition) is 4. The number of ether oxygens (including phenoxy) is 1. The van der Waals surface area contributed by atoms with Crippen LogP contribution in [0.4, 0.5) is 0 Å². The van der Waals surface area contributed by atoms with Crippen LogP contribution in [0, 0.1) is 5.92 Å². The molecule has 0 radical (unpaired) electrons. The van der Waals surface area contributed by atoms with Crippen LogP contribution in [0.1, 0.15) is 49.0 Å². The zero-order valence-corrected chi connectivity index (χ0v) is 12.9. The van der Waals surface area contributed by atoms with Crippen molar-refractivity contribution >= 4 is 16.9 Å². The normalized spacial score (nSPS) is 21.9. The second kappa shape index (κ2) is 6.48. The fraction of sp³-hybridized carbons (Fsp3) is 0.529. The van der Waals surface area contributed by atoms with Gasteiger partial charge in [-0.1, -0.05) is 6.07 Å². The molecule has 22 heavy (non-hydrogen) atoms. The lowest BCUT2D eigenvalue weighted by atomic mass is 9.87. The summed E-state index contributed by atoms with van der Waals surface area (Å²) in [5.74, 6) is 0.138. The summed E-state index contributed by atoms with van der Waals surface area (Å²) in [6, 6.07) is 5.89. The fourth-order valence-electron chi connectivity index (χ4n) is 3.16. The highest BCUT2D eigenvalue weighted by Crippen LogP contribution is 2.32. The zero-order valence-electron chi connectivity index (χ0n) is 12.9. The Bertz CT molecular complexity index is 657. The van der Waals surface area contributed by atoms with E-state index in [1.807, 2.05) is 16.9 Å². The number of fused-ring (bicyclic) bond motifs is 1. The first-order valence-corrected chi connectivity index (χ1v) is 7.98. The summed E-state index contributed by atoms with van der Waals surface area (Å²) in [5, 5.41) is 14.9. The van der Waals surface area contributed by atoms with Crippen molar-refractivity contribution in [2.45, 2.75) is 38.6 Å². The number of aliphatic hydroxyl groups is 1. The molecule has 0 saturated heterocycles. The van der Waals surface area contributed by atoms with Gasteiger partial charge in [0.25, 0.3) is 0 Å². The Balaban J connectivity index is 1.79. The number of benzene rings is 1. The van der Waals surface area contributed by atoms with Crippen LogP contribution in [0.25, 0.3) is 10.9 Å². The summed E-state index contributed by atoms with van der Waals surface area (Å²) >= 11 is 0. The summed E-state index contributed by atoms with van der Waals surface area (Å²) in [6.07, 6.45) is 6.24. The number of aliphatic hydroxyl groups excluding tert-OH is 1. The average molecular weight is 302 g/mol. The van der Waals surface area contributed by atoms with E-state index >= 15 is 0 Å². The number of nitrogens with zero attached hydrogens (tertiary/aromatic N) is 2. The molecule has 1 aromatic carbocycles. The summed E-state index contributed by atoms with van der Waals surface area (Å²) in [5.41, 5.74) is 1.37. The van der Waals surface area contributed by atoms with Crippen molar-refractivity contribution in [1.82, 2.24) is 9.78 Å². The van der Waals surface area contributed by atoms with Crippen molar-refractivity contribution < 1.29 is 14.6 Å². The maximum absolute atomic E-state index is 11.8. The Hall–Kier alpha value is -1.88. The highest BCUT2D eigenvalue weighted by molar-refractivity contribution is 5.94. The van der Waals surface area contributed by atoms with Crippen molar-refractivity contribution in [3.05, 3.63) is 30.0 Å². The topological polar surface area (TPSA) is 64.3 Å². The molecule has 0 atom stereocenters. The van der Waals surface area contributed by atoms with Crippen LogP contribution >= 0.6 is 0 Å². The minimum Gasteiger partial charge on any atom is -0.462 e. The van der Waals surface area contributed by atoms with Gasteiger partial charge < -0.3 is 9.84 Å². The minimum atomic E-state index is -0.303. The van der Waals surface area contributed by atoms with Crippen LogP contribution in [0.15, 0.2) is 24.4 Å². The minimum absolute atomic E-state index is 0.288. The third-order valence-electron chi connectivity index (χ3n) is 4.48. The maximum Gasteiger partial charge on any atom is 0.338 e. The average Bonchev–Trinajstić information content (AvgIpc) is 2.98. The molecule has 1 aliphatic carbocycles. The molecule has 2 aromatic rings. The quantitative estimate of drug-likeness (QED) is 0.882. The van der Waals surface area contributed by atoms with E-state index in [4.69, 9.17) is 4.74 Å². The summed E-state index contributed by atoms with van der Waals surface area (Å²) in [6.45, 7) is 2.46. The van der Waals surface area contributed by atoms with E-state index < -0.39 is 0 Å². The van der Waals surface area contributed by atoms with Crippen molar-refractivity contribution in [1.29, 1.82) is 0 Å². The Morgan fingerprint density at radius 3 is 2.82 bits per heavy atom. The van der Waals surface area contributed by atoms with Crippen LogP contribution in [-0.4, -0.2) is 34.1 Å². The standard InChI is InChI=1S/C17H22N2O3/c1-2-22-17(21)13-5-6-14-10-19(18-16(14)9-13)15-7-3-12(11-20)4-8-15/h5-6,9-10,12,15,20H,2-4,7-8,11H2,1H3. The van der Waals surface area contributed by atoms with Gasteiger partial charge in [0.05, 0.1) is 23.7 Å². The van der Waals surface area contributed by atoms with Crippen LogP contribution in [-0.2, 0) is 4.74 Å². The van der Waals surface area contributed by atoms with Gasteiger partial charge in [-0.25, -0.2) is 4.79 Å². The summed E-state index contributed by atoms with van der Waals surface area (Å²) in [7, 11) is 0. The van der Waals surface area contributed by atoms with E-state index in [9.17, 15) is 9.90 Å². The molecule has 1 fully saturated rings. The van der Waals surface area contributed by atoms with Gasteiger partial charge in [-0.3, -0.25) is 4.68 Å². The maximum atomic E-state index is 11.8.